The second kappa shape index (κ2) is 7.50. The molecule has 0 aliphatic heterocycles. The summed E-state index contributed by atoms with van der Waals surface area (Å²) in [7, 11) is -2.20. The third-order valence-electron chi connectivity index (χ3n) is 4.19. The minimum Gasteiger partial charge on any atom is -0.497 e. The SMILES string of the molecule is COc1cc(C)c(S(=O)(=O)NCc2nnc(-c3ccccc3C)o2)c(C)c1. The predicted molar refractivity (Wildman–Crippen MR) is 101 cm³/mol. The fourth-order valence-electron chi connectivity index (χ4n) is 2.93. The quantitative estimate of drug-likeness (QED) is 0.698. The number of aryl methyl sites for hydroxylation is 3. The van der Waals surface area contributed by atoms with Crippen molar-refractivity contribution in [2.45, 2.75) is 32.2 Å². The van der Waals surface area contributed by atoms with Crippen molar-refractivity contribution in [1.82, 2.24) is 14.9 Å². The molecule has 1 heterocycles. The molecule has 0 aliphatic rings. The van der Waals surface area contributed by atoms with Gasteiger partial charge in [-0.15, -0.1) is 10.2 Å². The Morgan fingerprint density at radius 2 is 1.70 bits per heavy atom. The normalized spacial score (nSPS) is 11.6. The predicted octanol–water partition coefficient (Wildman–Crippen LogP) is 3.15. The zero-order valence-corrected chi connectivity index (χ0v) is 16.4. The number of nitrogens with one attached hydrogen (secondary N) is 1. The van der Waals surface area contributed by atoms with Gasteiger partial charge in [0.05, 0.1) is 18.6 Å². The molecule has 1 N–H and O–H groups in total. The fourth-order valence-corrected chi connectivity index (χ4v) is 4.35. The van der Waals surface area contributed by atoms with Crippen LogP contribution < -0.4 is 9.46 Å². The van der Waals surface area contributed by atoms with E-state index in [1.165, 1.54) is 0 Å². The van der Waals surface area contributed by atoms with E-state index in [0.29, 0.717) is 22.8 Å². The van der Waals surface area contributed by atoms with Gasteiger partial charge in [0.25, 0.3) is 0 Å². The first-order valence-corrected chi connectivity index (χ1v) is 9.83. The average Bonchev–Trinajstić information content (AvgIpc) is 3.08. The molecular formula is C19H21N3O4S. The molecule has 0 spiro atoms. The van der Waals surface area contributed by atoms with Crippen LogP contribution in [0.25, 0.3) is 11.5 Å². The van der Waals surface area contributed by atoms with Crippen LogP contribution in [0.15, 0.2) is 45.7 Å². The topological polar surface area (TPSA) is 94.3 Å². The van der Waals surface area contributed by atoms with Crippen LogP contribution in [-0.4, -0.2) is 25.7 Å². The summed E-state index contributed by atoms with van der Waals surface area (Å²) in [5.74, 6) is 1.17. The van der Waals surface area contributed by atoms with Crippen molar-refractivity contribution in [1.29, 1.82) is 0 Å². The number of hydrogen-bond acceptors (Lipinski definition) is 6. The Bertz CT molecular complexity index is 1050. The first kappa shape index (κ1) is 19.1. The van der Waals surface area contributed by atoms with Gasteiger partial charge in [-0.25, -0.2) is 13.1 Å². The third-order valence-corrected chi connectivity index (χ3v) is 5.90. The third kappa shape index (κ3) is 4.01. The molecule has 7 nitrogen and oxygen atoms in total. The maximum atomic E-state index is 12.7. The summed E-state index contributed by atoms with van der Waals surface area (Å²) in [5, 5.41) is 7.95. The lowest BCUT2D eigenvalue weighted by atomic mass is 10.1. The van der Waals surface area contributed by atoms with Gasteiger partial charge in [-0.1, -0.05) is 18.2 Å². The number of nitrogens with zero attached hydrogens (tertiary/aromatic N) is 2. The molecule has 0 saturated carbocycles. The molecule has 0 unspecified atom stereocenters. The molecule has 0 fully saturated rings. The highest BCUT2D eigenvalue weighted by atomic mass is 32.2. The van der Waals surface area contributed by atoms with Gasteiger partial charge in [-0.2, -0.15) is 0 Å². The molecule has 0 bridgehead atoms. The molecule has 0 saturated heterocycles. The van der Waals surface area contributed by atoms with Crippen molar-refractivity contribution in [2.75, 3.05) is 7.11 Å². The Kier molecular flexibility index (Phi) is 5.29. The summed E-state index contributed by atoms with van der Waals surface area (Å²) in [4.78, 5) is 0.224. The van der Waals surface area contributed by atoms with E-state index in [9.17, 15) is 8.42 Å². The smallest absolute Gasteiger partial charge is 0.248 e. The van der Waals surface area contributed by atoms with Gasteiger partial charge in [0.1, 0.15) is 5.75 Å². The maximum absolute atomic E-state index is 12.7. The minimum absolute atomic E-state index is 0.0911. The van der Waals surface area contributed by atoms with E-state index in [2.05, 4.69) is 14.9 Å². The molecule has 0 amide bonds. The number of benzene rings is 2. The van der Waals surface area contributed by atoms with Crippen LogP contribution in [0, 0.1) is 20.8 Å². The van der Waals surface area contributed by atoms with Crippen molar-refractivity contribution in [3.8, 4) is 17.2 Å². The molecule has 8 heteroatoms. The van der Waals surface area contributed by atoms with E-state index in [4.69, 9.17) is 9.15 Å². The van der Waals surface area contributed by atoms with Crippen molar-refractivity contribution in [2.24, 2.45) is 0 Å². The van der Waals surface area contributed by atoms with E-state index >= 15 is 0 Å². The second-order valence-corrected chi connectivity index (χ2v) is 7.93. The zero-order valence-electron chi connectivity index (χ0n) is 15.6. The van der Waals surface area contributed by atoms with Crippen LogP contribution in [-0.2, 0) is 16.6 Å². The van der Waals surface area contributed by atoms with Crippen LogP contribution >= 0.6 is 0 Å². The molecule has 0 atom stereocenters. The number of hydrogen-bond donors (Lipinski definition) is 1. The van der Waals surface area contributed by atoms with Gasteiger partial charge in [-0.3, -0.25) is 0 Å². The Hall–Kier alpha value is -2.71. The average molecular weight is 387 g/mol. The molecular weight excluding hydrogens is 366 g/mol. The number of aromatic nitrogens is 2. The molecule has 3 aromatic rings. The summed E-state index contributed by atoms with van der Waals surface area (Å²) in [6.07, 6.45) is 0. The van der Waals surface area contributed by atoms with Crippen molar-refractivity contribution >= 4 is 10.0 Å². The summed E-state index contributed by atoms with van der Waals surface area (Å²) in [5.41, 5.74) is 3.02. The number of ether oxygens (including phenoxy) is 1. The minimum atomic E-state index is -3.74. The van der Waals surface area contributed by atoms with Gasteiger partial charge >= 0.3 is 0 Å². The summed E-state index contributed by atoms with van der Waals surface area (Å²) in [6.45, 7) is 5.31. The van der Waals surface area contributed by atoms with Crippen LogP contribution in [0.5, 0.6) is 5.75 Å². The lowest BCUT2D eigenvalue weighted by Gasteiger charge is -2.13. The summed E-state index contributed by atoms with van der Waals surface area (Å²) < 4.78 is 38.8. The van der Waals surface area contributed by atoms with Crippen LogP contribution in [0.3, 0.4) is 0 Å². The largest absolute Gasteiger partial charge is 0.497 e. The van der Waals surface area contributed by atoms with Crippen molar-refractivity contribution in [3.05, 3.63) is 59.0 Å². The zero-order chi connectivity index (χ0) is 19.6. The molecule has 27 heavy (non-hydrogen) atoms. The van der Waals surface area contributed by atoms with Crippen LogP contribution in [0.1, 0.15) is 22.6 Å². The van der Waals surface area contributed by atoms with E-state index in [1.54, 1.807) is 33.1 Å². The Morgan fingerprint density at radius 1 is 1.04 bits per heavy atom. The number of methoxy groups -OCH3 is 1. The first-order chi connectivity index (χ1) is 12.8. The fraction of sp³-hybridized carbons (Fsp3) is 0.263. The highest BCUT2D eigenvalue weighted by molar-refractivity contribution is 7.89. The Morgan fingerprint density at radius 3 is 2.33 bits per heavy atom. The second-order valence-electron chi connectivity index (χ2n) is 6.23. The van der Waals surface area contributed by atoms with E-state index in [-0.39, 0.29) is 17.3 Å². The standard InChI is InChI=1S/C19H21N3O4S/c1-12-7-5-6-8-16(12)19-22-21-17(26-19)11-20-27(23,24)18-13(2)9-15(25-4)10-14(18)3/h5-10,20H,11H2,1-4H3. The van der Waals surface area contributed by atoms with Gasteiger partial charge in [-0.05, 0) is 55.7 Å². The lowest BCUT2D eigenvalue weighted by Crippen LogP contribution is -2.25. The molecule has 1 aromatic heterocycles. The summed E-state index contributed by atoms with van der Waals surface area (Å²) >= 11 is 0. The van der Waals surface area contributed by atoms with Crippen LogP contribution in [0.2, 0.25) is 0 Å². The molecule has 0 aliphatic carbocycles. The number of rotatable bonds is 6. The molecule has 2 aromatic carbocycles. The molecule has 142 valence electrons. The highest BCUT2D eigenvalue weighted by Crippen LogP contribution is 2.26. The first-order valence-electron chi connectivity index (χ1n) is 8.35. The summed E-state index contributed by atoms with van der Waals surface area (Å²) in [6, 6.07) is 11.0. The monoisotopic (exact) mass is 387 g/mol. The highest BCUT2D eigenvalue weighted by Gasteiger charge is 2.21. The van der Waals surface area contributed by atoms with Crippen LogP contribution in [0.4, 0.5) is 0 Å². The lowest BCUT2D eigenvalue weighted by molar-refractivity contribution is 0.413. The van der Waals surface area contributed by atoms with E-state index in [0.717, 1.165) is 11.1 Å². The van der Waals surface area contributed by atoms with Gasteiger partial charge in [0.2, 0.25) is 21.8 Å². The van der Waals surface area contributed by atoms with Gasteiger partial charge < -0.3 is 9.15 Å². The van der Waals surface area contributed by atoms with Gasteiger partial charge in [0.15, 0.2) is 0 Å². The Labute approximate surface area is 158 Å². The van der Waals surface area contributed by atoms with Crippen molar-refractivity contribution in [3.63, 3.8) is 0 Å². The molecule has 3 rings (SSSR count). The van der Waals surface area contributed by atoms with Crippen molar-refractivity contribution < 1.29 is 17.6 Å². The number of sulfonamides is 1. The molecule has 0 radical (unpaired) electrons. The van der Waals surface area contributed by atoms with Gasteiger partial charge in [0, 0.05) is 5.56 Å². The van der Waals surface area contributed by atoms with E-state index in [1.807, 2.05) is 31.2 Å². The Balaban J connectivity index is 1.80. The maximum Gasteiger partial charge on any atom is 0.248 e. The van der Waals surface area contributed by atoms with E-state index < -0.39 is 10.0 Å².